The van der Waals surface area contributed by atoms with Crippen LogP contribution in [0, 0.1) is 17.8 Å². The average molecular weight is 210 g/mol. The number of methoxy groups -OCH3 is 1. The number of terminal acetylenes is 1. The zero-order valence-corrected chi connectivity index (χ0v) is 9.97. The van der Waals surface area contributed by atoms with E-state index in [9.17, 15) is 0 Å². The fraction of sp³-hybridized carbons (Fsp3) is 0.833. The van der Waals surface area contributed by atoms with Crippen LogP contribution in [0.25, 0.3) is 0 Å². The van der Waals surface area contributed by atoms with E-state index in [1.54, 1.807) is 7.11 Å². The molecule has 3 nitrogen and oxygen atoms in total. The van der Waals surface area contributed by atoms with E-state index in [2.05, 4.69) is 25.2 Å². The van der Waals surface area contributed by atoms with Gasteiger partial charge in [-0.3, -0.25) is 5.84 Å². The van der Waals surface area contributed by atoms with Crippen molar-refractivity contribution in [3.05, 3.63) is 0 Å². The summed E-state index contributed by atoms with van der Waals surface area (Å²) in [6.45, 7) is 4.57. The Bertz CT molecular complexity index is 245. The highest BCUT2D eigenvalue weighted by molar-refractivity contribution is 5.11. The molecule has 3 heteroatoms. The first-order valence-corrected chi connectivity index (χ1v) is 5.47. The Kier molecular flexibility index (Phi) is 3.77. The molecular weight excluding hydrogens is 188 g/mol. The third-order valence-corrected chi connectivity index (χ3v) is 3.72. The van der Waals surface area contributed by atoms with Gasteiger partial charge >= 0.3 is 0 Å². The number of hydrogen-bond acceptors (Lipinski definition) is 3. The summed E-state index contributed by atoms with van der Waals surface area (Å²) in [6, 6.07) is -0.196. The van der Waals surface area contributed by atoms with Crippen molar-refractivity contribution in [2.45, 2.75) is 51.2 Å². The molecule has 0 aliphatic heterocycles. The first-order valence-electron chi connectivity index (χ1n) is 5.47. The van der Waals surface area contributed by atoms with Gasteiger partial charge in [0.15, 0.2) is 0 Å². The quantitative estimate of drug-likeness (QED) is 0.421. The van der Waals surface area contributed by atoms with Crippen LogP contribution in [0.3, 0.4) is 0 Å². The van der Waals surface area contributed by atoms with E-state index in [0.717, 1.165) is 25.7 Å². The number of ether oxygens (including phenoxy) is 1. The summed E-state index contributed by atoms with van der Waals surface area (Å²) in [5.74, 6) is 8.15. The van der Waals surface area contributed by atoms with Gasteiger partial charge in [0.1, 0.15) is 6.04 Å². The minimum Gasteiger partial charge on any atom is -0.376 e. The SMILES string of the molecule is C#CC(NN)C1(OC)CCC(C)(C)CC1. The third-order valence-electron chi connectivity index (χ3n) is 3.72. The molecular formula is C12H22N2O. The molecule has 1 rings (SSSR count). The number of hydrazine groups is 1. The molecule has 1 fully saturated rings. The van der Waals surface area contributed by atoms with Crippen molar-refractivity contribution in [2.24, 2.45) is 11.3 Å². The van der Waals surface area contributed by atoms with Gasteiger partial charge in [-0.15, -0.1) is 6.42 Å². The van der Waals surface area contributed by atoms with Crippen LogP contribution in [0.4, 0.5) is 0 Å². The highest BCUT2D eigenvalue weighted by Crippen LogP contribution is 2.43. The van der Waals surface area contributed by atoms with Crippen LogP contribution in [-0.4, -0.2) is 18.8 Å². The normalized spacial score (nSPS) is 25.5. The van der Waals surface area contributed by atoms with Gasteiger partial charge in [0, 0.05) is 7.11 Å². The Morgan fingerprint density at radius 1 is 1.33 bits per heavy atom. The first kappa shape index (κ1) is 12.5. The monoisotopic (exact) mass is 210 g/mol. The van der Waals surface area contributed by atoms with Gasteiger partial charge in [-0.25, -0.2) is 5.43 Å². The van der Waals surface area contributed by atoms with Crippen LogP contribution in [0.2, 0.25) is 0 Å². The number of nitrogens with two attached hydrogens (primary N) is 1. The maximum atomic E-state index is 5.63. The van der Waals surface area contributed by atoms with Gasteiger partial charge in [0.25, 0.3) is 0 Å². The number of rotatable bonds is 3. The summed E-state index contributed by atoms with van der Waals surface area (Å²) >= 11 is 0. The molecule has 0 radical (unpaired) electrons. The van der Waals surface area contributed by atoms with Crippen LogP contribution >= 0.6 is 0 Å². The summed E-state index contributed by atoms with van der Waals surface area (Å²) in [5, 5.41) is 0. The number of nitrogens with one attached hydrogen (secondary N) is 1. The molecule has 1 atom stereocenters. The summed E-state index contributed by atoms with van der Waals surface area (Å²) in [4.78, 5) is 0. The maximum Gasteiger partial charge on any atom is 0.110 e. The largest absolute Gasteiger partial charge is 0.376 e. The summed E-state index contributed by atoms with van der Waals surface area (Å²) in [6.07, 6.45) is 9.66. The van der Waals surface area contributed by atoms with Gasteiger partial charge < -0.3 is 4.74 Å². The lowest BCUT2D eigenvalue weighted by molar-refractivity contribution is -0.0740. The van der Waals surface area contributed by atoms with Crippen LogP contribution in [0.15, 0.2) is 0 Å². The van der Waals surface area contributed by atoms with Crippen molar-refractivity contribution in [1.29, 1.82) is 0 Å². The van der Waals surface area contributed by atoms with E-state index in [1.165, 1.54) is 0 Å². The second-order valence-corrected chi connectivity index (χ2v) is 5.20. The molecule has 1 aliphatic rings. The Labute approximate surface area is 92.7 Å². The van der Waals surface area contributed by atoms with Crippen molar-refractivity contribution in [2.75, 3.05) is 7.11 Å². The fourth-order valence-electron chi connectivity index (χ4n) is 2.31. The van der Waals surface area contributed by atoms with Gasteiger partial charge in [-0.1, -0.05) is 19.8 Å². The van der Waals surface area contributed by atoms with E-state index < -0.39 is 0 Å². The molecule has 0 aromatic rings. The summed E-state index contributed by atoms with van der Waals surface area (Å²) in [7, 11) is 1.72. The van der Waals surface area contributed by atoms with E-state index in [1.807, 2.05) is 0 Å². The highest BCUT2D eigenvalue weighted by atomic mass is 16.5. The van der Waals surface area contributed by atoms with Crippen molar-refractivity contribution in [1.82, 2.24) is 5.43 Å². The lowest BCUT2D eigenvalue weighted by Gasteiger charge is -2.45. The van der Waals surface area contributed by atoms with Gasteiger partial charge in [0.2, 0.25) is 0 Å². The van der Waals surface area contributed by atoms with Crippen molar-refractivity contribution >= 4 is 0 Å². The topological polar surface area (TPSA) is 47.3 Å². The van der Waals surface area contributed by atoms with Crippen molar-refractivity contribution in [3.8, 4) is 12.3 Å². The van der Waals surface area contributed by atoms with E-state index in [4.69, 9.17) is 17.0 Å². The lowest BCUT2D eigenvalue weighted by Crippen LogP contribution is -2.56. The van der Waals surface area contributed by atoms with Crippen LogP contribution in [0.1, 0.15) is 39.5 Å². The van der Waals surface area contributed by atoms with Crippen molar-refractivity contribution in [3.63, 3.8) is 0 Å². The molecule has 0 aromatic carbocycles. The second-order valence-electron chi connectivity index (χ2n) is 5.20. The standard InChI is InChI=1S/C12H22N2O/c1-5-10(14-13)12(15-4)8-6-11(2,3)7-9-12/h1,10,14H,6-9,13H2,2-4H3. The molecule has 0 heterocycles. The van der Waals surface area contributed by atoms with Gasteiger partial charge in [-0.05, 0) is 31.1 Å². The molecule has 86 valence electrons. The zero-order chi connectivity index (χ0) is 11.5. The Morgan fingerprint density at radius 3 is 2.20 bits per heavy atom. The van der Waals surface area contributed by atoms with Gasteiger partial charge in [-0.2, -0.15) is 0 Å². The third kappa shape index (κ3) is 2.52. The van der Waals surface area contributed by atoms with Crippen LogP contribution < -0.4 is 11.3 Å². The Balaban J connectivity index is 2.77. The minimum atomic E-state index is -0.279. The lowest BCUT2D eigenvalue weighted by atomic mass is 9.68. The molecule has 0 bridgehead atoms. The molecule has 0 spiro atoms. The van der Waals surface area contributed by atoms with Crippen LogP contribution in [0.5, 0.6) is 0 Å². The predicted octanol–water partition coefficient (Wildman–Crippen LogP) is 1.44. The van der Waals surface area contributed by atoms with E-state index in [-0.39, 0.29) is 11.6 Å². The first-order chi connectivity index (χ1) is 6.99. The average Bonchev–Trinajstić information content (AvgIpc) is 2.22. The summed E-state index contributed by atoms with van der Waals surface area (Å²) < 4.78 is 5.63. The molecule has 1 aliphatic carbocycles. The predicted molar refractivity (Wildman–Crippen MR) is 61.9 cm³/mol. The summed E-state index contributed by atoms with van der Waals surface area (Å²) in [5.41, 5.74) is 2.80. The smallest absolute Gasteiger partial charge is 0.110 e. The maximum absolute atomic E-state index is 5.63. The second kappa shape index (κ2) is 4.52. The minimum absolute atomic E-state index is 0.196. The van der Waals surface area contributed by atoms with E-state index >= 15 is 0 Å². The Morgan fingerprint density at radius 2 is 1.87 bits per heavy atom. The number of hydrogen-bond donors (Lipinski definition) is 2. The zero-order valence-electron chi connectivity index (χ0n) is 9.97. The fourth-order valence-corrected chi connectivity index (χ4v) is 2.31. The molecule has 1 saturated carbocycles. The molecule has 0 aromatic heterocycles. The highest BCUT2D eigenvalue weighted by Gasteiger charge is 2.43. The molecule has 3 N–H and O–H groups in total. The van der Waals surface area contributed by atoms with Crippen LogP contribution in [-0.2, 0) is 4.74 Å². The van der Waals surface area contributed by atoms with Crippen molar-refractivity contribution < 1.29 is 4.74 Å². The molecule has 1 unspecified atom stereocenters. The molecule has 0 amide bonds. The molecule has 0 saturated heterocycles. The Hall–Kier alpha value is -0.560. The van der Waals surface area contributed by atoms with Gasteiger partial charge in [0.05, 0.1) is 5.60 Å². The van der Waals surface area contributed by atoms with E-state index in [0.29, 0.717) is 5.41 Å². The molecule has 15 heavy (non-hydrogen) atoms.